The van der Waals surface area contributed by atoms with Crippen molar-refractivity contribution in [3.8, 4) is 5.75 Å². The van der Waals surface area contributed by atoms with Gasteiger partial charge in [-0.15, -0.1) is 0 Å². The van der Waals surface area contributed by atoms with Crippen molar-refractivity contribution in [2.45, 2.75) is 12.5 Å². The minimum absolute atomic E-state index is 0.270. The van der Waals surface area contributed by atoms with Crippen LogP contribution in [0.15, 0.2) is 51.4 Å². The van der Waals surface area contributed by atoms with Gasteiger partial charge in [-0.05, 0) is 54.9 Å². The Kier molecular flexibility index (Phi) is 5.64. The minimum atomic E-state index is 0.270. The smallest absolute Gasteiger partial charge is 0.119 e. The zero-order valence-corrected chi connectivity index (χ0v) is 14.7. The Balaban J connectivity index is 2.23. The number of halogens is 2. The molecule has 2 aromatic rings. The second-order valence-electron chi connectivity index (χ2n) is 4.55. The van der Waals surface area contributed by atoms with Crippen LogP contribution in [-0.2, 0) is 6.42 Å². The molecule has 0 heterocycles. The maximum atomic E-state index is 5.30. The Bertz CT molecular complexity index is 569. The average molecular weight is 399 g/mol. The highest BCUT2D eigenvalue weighted by molar-refractivity contribution is 9.10. The van der Waals surface area contributed by atoms with Crippen LogP contribution in [0, 0.1) is 0 Å². The van der Waals surface area contributed by atoms with Gasteiger partial charge in [-0.3, -0.25) is 0 Å². The molecule has 2 aromatic carbocycles. The van der Waals surface area contributed by atoms with E-state index in [0.717, 1.165) is 21.1 Å². The van der Waals surface area contributed by atoms with Crippen LogP contribution in [0.1, 0.15) is 17.2 Å². The first-order chi connectivity index (χ1) is 9.63. The van der Waals surface area contributed by atoms with Crippen molar-refractivity contribution in [1.29, 1.82) is 0 Å². The summed E-state index contributed by atoms with van der Waals surface area (Å²) in [5, 5.41) is 3.37. The Morgan fingerprint density at radius 2 is 1.80 bits per heavy atom. The van der Waals surface area contributed by atoms with Gasteiger partial charge in [-0.2, -0.15) is 0 Å². The Morgan fingerprint density at radius 3 is 2.40 bits per heavy atom. The molecular weight excluding hydrogens is 382 g/mol. The summed E-state index contributed by atoms with van der Waals surface area (Å²) in [5.41, 5.74) is 2.50. The number of likely N-dealkylation sites (N-methyl/N-ethyl adjacent to an activating group) is 1. The standard InChI is InChI=1S/C16H17Br2NO/c1-19-16(11-3-5-13(17)6-4-11)10-12-9-14(20-2)7-8-15(12)18/h3-9,16,19H,10H2,1-2H3. The van der Waals surface area contributed by atoms with Gasteiger partial charge < -0.3 is 10.1 Å². The minimum Gasteiger partial charge on any atom is -0.497 e. The highest BCUT2D eigenvalue weighted by Crippen LogP contribution is 2.27. The number of ether oxygens (including phenoxy) is 1. The van der Waals surface area contributed by atoms with E-state index in [-0.39, 0.29) is 6.04 Å². The molecule has 0 aliphatic carbocycles. The lowest BCUT2D eigenvalue weighted by atomic mass is 9.99. The fourth-order valence-electron chi connectivity index (χ4n) is 2.14. The van der Waals surface area contributed by atoms with Gasteiger partial charge in [-0.25, -0.2) is 0 Å². The van der Waals surface area contributed by atoms with Crippen molar-refractivity contribution in [2.75, 3.05) is 14.2 Å². The van der Waals surface area contributed by atoms with E-state index in [0.29, 0.717) is 0 Å². The topological polar surface area (TPSA) is 21.3 Å². The van der Waals surface area contributed by atoms with Gasteiger partial charge in [0.2, 0.25) is 0 Å². The number of nitrogens with one attached hydrogen (secondary N) is 1. The summed E-state index contributed by atoms with van der Waals surface area (Å²) in [5.74, 6) is 0.883. The molecule has 2 nitrogen and oxygen atoms in total. The molecule has 0 fully saturated rings. The first-order valence-electron chi connectivity index (χ1n) is 6.39. The van der Waals surface area contributed by atoms with Crippen LogP contribution in [0.25, 0.3) is 0 Å². The van der Waals surface area contributed by atoms with E-state index in [2.05, 4.69) is 67.5 Å². The second-order valence-corrected chi connectivity index (χ2v) is 6.32. The van der Waals surface area contributed by atoms with Crippen molar-refractivity contribution in [2.24, 2.45) is 0 Å². The monoisotopic (exact) mass is 397 g/mol. The quantitative estimate of drug-likeness (QED) is 0.786. The van der Waals surface area contributed by atoms with Gasteiger partial charge in [0.25, 0.3) is 0 Å². The maximum absolute atomic E-state index is 5.30. The molecule has 0 aliphatic rings. The lowest BCUT2D eigenvalue weighted by Gasteiger charge is -2.18. The Morgan fingerprint density at radius 1 is 1.10 bits per heavy atom. The predicted molar refractivity (Wildman–Crippen MR) is 90.3 cm³/mol. The molecule has 1 N–H and O–H groups in total. The fourth-order valence-corrected chi connectivity index (χ4v) is 2.81. The van der Waals surface area contributed by atoms with Crippen molar-refractivity contribution in [3.63, 3.8) is 0 Å². The normalized spacial score (nSPS) is 12.2. The van der Waals surface area contributed by atoms with Gasteiger partial charge in [-0.1, -0.05) is 44.0 Å². The van der Waals surface area contributed by atoms with E-state index in [9.17, 15) is 0 Å². The summed E-state index contributed by atoms with van der Waals surface area (Å²) in [6.45, 7) is 0. The maximum Gasteiger partial charge on any atom is 0.119 e. The van der Waals surface area contributed by atoms with Crippen LogP contribution in [-0.4, -0.2) is 14.2 Å². The Labute approximate surface area is 136 Å². The third kappa shape index (κ3) is 3.84. The summed E-state index contributed by atoms with van der Waals surface area (Å²) in [6, 6.07) is 14.8. The van der Waals surface area contributed by atoms with Gasteiger partial charge in [0.1, 0.15) is 5.75 Å². The molecule has 0 aromatic heterocycles. The molecule has 0 spiro atoms. The van der Waals surface area contributed by atoms with E-state index in [1.807, 2.05) is 19.2 Å². The van der Waals surface area contributed by atoms with E-state index in [1.54, 1.807) is 7.11 Å². The molecule has 2 rings (SSSR count). The van der Waals surface area contributed by atoms with Gasteiger partial charge in [0.05, 0.1) is 7.11 Å². The predicted octanol–water partition coefficient (Wildman–Crippen LogP) is 4.72. The molecule has 0 saturated heterocycles. The first kappa shape index (κ1) is 15.5. The number of benzene rings is 2. The molecule has 20 heavy (non-hydrogen) atoms. The SMILES string of the molecule is CNC(Cc1cc(OC)ccc1Br)c1ccc(Br)cc1. The van der Waals surface area contributed by atoms with Gasteiger partial charge >= 0.3 is 0 Å². The zero-order chi connectivity index (χ0) is 14.5. The summed E-state index contributed by atoms with van der Waals surface area (Å²) in [7, 11) is 3.68. The molecule has 0 radical (unpaired) electrons. The van der Waals surface area contributed by atoms with Crippen LogP contribution in [0.5, 0.6) is 5.75 Å². The molecule has 1 unspecified atom stereocenters. The zero-order valence-electron chi connectivity index (χ0n) is 11.5. The number of methoxy groups -OCH3 is 1. The number of hydrogen-bond donors (Lipinski definition) is 1. The molecule has 106 valence electrons. The van der Waals surface area contributed by atoms with Crippen LogP contribution in [0.4, 0.5) is 0 Å². The molecule has 0 bridgehead atoms. The van der Waals surface area contributed by atoms with Crippen LogP contribution in [0.3, 0.4) is 0 Å². The molecular formula is C16H17Br2NO. The Hall–Kier alpha value is -0.840. The van der Waals surface area contributed by atoms with Gasteiger partial charge in [0, 0.05) is 15.0 Å². The number of rotatable bonds is 5. The van der Waals surface area contributed by atoms with Crippen LogP contribution in [0.2, 0.25) is 0 Å². The van der Waals surface area contributed by atoms with E-state index >= 15 is 0 Å². The van der Waals surface area contributed by atoms with Gasteiger partial charge in [0.15, 0.2) is 0 Å². The lowest BCUT2D eigenvalue weighted by Crippen LogP contribution is -2.19. The van der Waals surface area contributed by atoms with Crippen molar-refractivity contribution >= 4 is 31.9 Å². The molecule has 4 heteroatoms. The highest BCUT2D eigenvalue weighted by atomic mass is 79.9. The fraction of sp³-hybridized carbons (Fsp3) is 0.250. The summed E-state index contributed by atoms with van der Waals surface area (Å²) in [6.07, 6.45) is 0.899. The largest absolute Gasteiger partial charge is 0.497 e. The van der Waals surface area contributed by atoms with Crippen LogP contribution >= 0.6 is 31.9 Å². The van der Waals surface area contributed by atoms with Crippen molar-refractivity contribution < 1.29 is 4.74 Å². The van der Waals surface area contributed by atoms with E-state index in [4.69, 9.17) is 4.74 Å². The highest BCUT2D eigenvalue weighted by Gasteiger charge is 2.12. The summed E-state index contributed by atoms with van der Waals surface area (Å²) >= 11 is 7.08. The molecule has 0 saturated carbocycles. The molecule has 1 atom stereocenters. The van der Waals surface area contributed by atoms with Crippen LogP contribution < -0.4 is 10.1 Å². The summed E-state index contributed by atoms with van der Waals surface area (Å²) < 4.78 is 7.50. The third-order valence-electron chi connectivity index (χ3n) is 3.30. The second kappa shape index (κ2) is 7.25. The average Bonchev–Trinajstić information content (AvgIpc) is 2.47. The third-order valence-corrected chi connectivity index (χ3v) is 4.60. The summed E-state index contributed by atoms with van der Waals surface area (Å²) in [4.78, 5) is 0. The van der Waals surface area contributed by atoms with E-state index < -0.39 is 0 Å². The first-order valence-corrected chi connectivity index (χ1v) is 7.97. The molecule has 0 aliphatic heterocycles. The lowest BCUT2D eigenvalue weighted by molar-refractivity contribution is 0.414. The van der Waals surface area contributed by atoms with Crippen molar-refractivity contribution in [1.82, 2.24) is 5.32 Å². The van der Waals surface area contributed by atoms with Crippen molar-refractivity contribution in [3.05, 3.63) is 62.5 Å². The number of hydrogen-bond acceptors (Lipinski definition) is 2. The molecule has 0 amide bonds. The van der Waals surface area contributed by atoms with E-state index in [1.165, 1.54) is 11.1 Å².